The van der Waals surface area contributed by atoms with Crippen LogP contribution in [-0.4, -0.2) is 21.1 Å². The van der Waals surface area contributed by atoms with Gasteiger partial charge < -0.3 is 5.32 Å². The van der Waals surface area contributed by atoms with E-state index < -0.39 is 0 Å². The molecule has 0 aliphatic rings. The molecule has 0 radical (unpaired) electrons. The fraction of sp³-hybridized carbons (Fsp3) is 0.200. The van der Waals surface area contributed by atoms with Crippen molar-refractivity contribution >= 4 is 28.8 Å². The lowest BCUT2D eigenvalue weighted by Crippen LogP contribution is -2.27. The minimum absolute atomic E-state index is 0.153. The van der Waals surface area contributed by atoms with Crippen LogP contribution in [0.3, 0.4) is 0 Å². The molecule has 1 atom stereocenters. The Morgan fingerprint density at radius 2 is 2.29 bits per heavy atom. The van der Waals surface area contributed by atoms with Crippen LogP contribution in [0.2, 0.25) is 5.15 Å². The minimum atomic E-state index is -0.295. The van der Waals surface area contributed by atoms with E-state index in [-0.39, 0.29) is 22.8 Å². The Hall–Kier alpha value is -1.53. The van der Waals surface area contributed by atoms with Crippen LogP contribution in [-0.2, 0) is 0 Å². The van der Waals surface area contributed by atoms with Gasteiger partial charge in [0, 0.05) is 11.6 Å². The molecular formula is C10H9ClN4OS. The predicted octanol–water partition coefficient (Wildman–Crippen LogP) is 2.08. The second-order valence-corrected chi connectivity index (χ2v) is 4.62. The van der Waals surface area contributed by atoms with Crippen molar-refractivity contribution in [3.8, 4) is 0 Å². The number of nitrogens with zero attached hydrogens (tertiary/aromatic N) is 3. The van der Waals surface area contributed by atoms with Crippen LogP contribution in [0.25, 0.3) is 0 Å². The Labute approximate surface area is 107 Å². The molecule has 1 unspecified atom stereocenters. The third-order valence-corrected chi connectivity index (χ3v) is 3.19. The third-order valence-electron chi connectivity index (χ3n) is 2.03. The van der Waals surface area contributed by atoms with E-state index in [4.69, 9.17) is 11.6 Å². The number of thiazole rings is 1. The number of halogens is 1. The van der Waals surface area contributed by atoms with E-state index in [9.17, 15) is 4.79 Å². The standard InChI is InChI=1S/C10H9ClN4OS/c1-6(10-12-4-5-17-10)13-9(16)7-2-3-8(11)15-14-7/h2-6H,1H3,(H,13,16). The van der Waals surface area contributed by atoms with Gasteiger partial charge in [-0.2, -0.15) is 0 Å². The van der Waals surface area contributed by atoms with Gasteiger partial charge in [-0.25, -0.2) is 4.98 Å². The van der Waals surface area contributed by atoms with Crippen LogP contribution in [0.15, 0.2) is 23.7 Å². The van der Waals surface area contributed by atoms with E-state index in [1.165, 1.54) is 23.5 Å². The first-order valence-corrected chi connectivity index (χ1v) is 6.12. The van der Waals surface area contributed by atoms with Gasteiger partial charge in [-0.3, -0.25) is 4.79 Å². The van der Waals surface area contributed by atoms with Crippen LogP contribution in [0.1, 0.15) is 28.5 Å². The molecule has 2 aromatic rings. The van der Waals surface area contributed by atoms with Crippen molar-refractivity contribution in [2.24, 2.45) is 0 Å². The molecule has 0 bridgehead atoms. The lowest BCUT2D eigenvalue weighted by Gasteiger charge is -2.10. The van der Waals surface area contributed by atoms with Crippen LogP contribution in [0.4, 0.5) is 0 Å². The minimum Gasteiger partial charge on any atom is -0.342 e. The zero-order valence-electron chi connectivity index (χ0n) is 8.92. The molecule has 88 valence electrons. The van der Waals surface area contributed by atoms with Gasteiger partial charge in [0.1, 0.15) is 5.01 Å². The highest BCUT2D eigenvalue weighted by Gasteiger charge is 2.14. The van der Waals surface area contributed by atoms with E-state index in [2.05, 4.69) is 20.5 Å². The van der Waals surface area contributed by atoms with Crippen molar-refractivity contribution < 1.29 is 4.79 Å². The van der Waals surface area contributed by atoms with Crippen molar-refractivity contribution in [2.45, 2.75) is 13.0 Å². The SMILES string of the molecule is CC(NC(=O)c1ccc(Cl)nn1)c1nccs1. The molecule has 17 heavy (non-hydrogen) atoms. The van der Waals surface area contributed by atoms with Crippen molar-refractivity contribution in [1.29, 1.82) is 0 Å². The molecule has 0 aliphatic carbocycles. The number of hydrogen-bond donors (Lipinski definition) is 1. The lowest BCUT2D eigenvalue weighted by molar-refractivity contribution is 0.0933. The molecule has 0 saturated carbocycles. The summed E-state index contributed by atoms with van der Waals surface area (Å²) in [6.07, 6.45) is 1.70. The summed E-state index contributed by atoms with van der Waals surface area (Å²) in [5, 5.41) is 13.1. The molecule has 1 amide bonds. The lowest BCUT2D eigenvalue weighted by atomic mass is 10.3. The Kier molecular flexibility index (Phi) is 3.65. The van der Waals surface area contributed by atoms with Crippen molar-refractivity contribution in [3.05, 3.63) is 39.6 Å². The van der Waals surface area contributed by atoms with Crippen LogP contribution in [0, 0.1) is 0 Å². The molecule has 0 spiro atoms. The summed E-state index contributed by atoms with van der Waals surface area (Å²) < 4.78 is 0. The average molecular weight is 269 g/mol. The van der Waals surface area contributed by atoms with Crippen molar-refractivity contribution in [3.63, 3.8) is 0 Å². The molecule has 0 aromatic carbocycles. The topological polar surface area (TPSA) is 67.8 Å². The molecule has 1 N–H and O–H groups in total. The van der Waals surface area contributed by atoms with Crippen LogP contribution >= 0.6 is 22.9 Å². The summed E-state index contributed by atoms with van der Waals surface area (Å²) in [4.78, 5) is 15.9. The van der Waals surface area contributed by atoms with Gasteiger partial charge in [-0.1, -0.05) is 11.6 Å². The normalized spacial score (nSPS) is 12.1. The Bertz CT molecular complexity index is 500. The average Bonchev–Trinajstić information content (AvgIpc) is 2.83. The first kappa shape index (κ1) is 11.9. The quantitative estimate of drug-likeness (QED) is 0.925. The van der Waals surface area contributed by atoms with Crippen molar-refractivity contribution in [2.75, 3.05) is 0 Å². The first-order valence-electron chi connectivity index (χ1n) is 4.86. The van der Waals surface area contributed by atoms with Crippen molar-refractivity contribution in [1.82, 2.24) is 20.5 Å². The van der Waals surface area contributed by atoms with Gasteiger partial charge in [0.15, 0.2) is 10.8 Å². The highest BCUT2D eigenvalue weighted by molar-refractivity contribution is 7.09. The summed E-state index contributed by atoms with van der Waals surface area (Å²) >= 11 is 7.08. The number of hydrogen-bond acceptors (Lipinski definition) is 5. The predicted molar refractivity (Wildman–Crippen MR) is 65.0 cm³/mol. The Morgan fingerprint density at radius 3 is 2.88 bits per heavy atom. The monoisotopic (exact) mass is 268 g/mol. The second kappa shape index (κ2) is 5.20. The maximum absolute atomic E-state index is 11.8. The second-order valence-electron chi connectivity index (χ2n) is 3.31. The first-order chi connectivity index (χ1) is 8.16. The molecule has 2 heterocycles. The number of carbonyl (C=O) groups is 1. The third kappa shape index (κ3) is 2.98. The van der Waals surface area contributed by atoms with E-state index in [1.807, 2.05) is 12.3 Å². The molecular weight excluding hydrogens is 260 g/mol. The maximum Gasteiger partial charge on any atom is 0.272 e. The van der Waals surface area contributed by atoms with Gasteiger partial charge in [0.05, 0.1) is 6.04 Å². The number of amides is 1. The fourth-order valence-electron chi connectivity index (χ4n) is 1.22. The maximum atomic E-state index is 11.8. The van der Waals surface area contributed by atoms with E-state index >= 15 is 0 Å². The Morgan fingerprint density at radius 1 is 1.47 bits per heavy atom. The van der Waals surface area contributed by atoms with E-state index in [0.717, 1.165) is 5.01 Å². The summed E-state index contributed by atoms with van der Waals surface area (Å²) in [5.41, 5.74) is 0.234. The molecule has 0 fully saturated rings. The molecule has 2 aromatic heterocycles. The smallest absolute Gasteiger partial charge is 0.272 e. The van der Waals surface area contributed by atoms with Gasteiger partial charge in [-0.15, -0.1) is 21.5 Å². The number of rotatable bonds is 3. The van der Waals surface area contributed by atoms with E-state index in [1.54, 1.807) is 6.20 Å². The number of aromatic nitrogens is 3. The number of carbonyl (C=O) groups excluding carboxylic acids is 1. The number of nitrogens with one attached hydrogen (secondary N) is 1. The van der Waals surface area contributed by atoms with Gasteiger partial charge in [0.2, 0.25) is 0 Å². The Balaban J connectivity index is 2.04. The summed E-state index contributed by atoms with van der Waals surface area (Å²) in [5.74, 6) is -0.295. The fourth-order valence-corrected chi connectivity index (χ4v) is 1.96. The molecule has 0 saturated heterocycles. The summed E-state index contributed by atoms with van der Waals surface area (Å²) in [6, 6.07) is 2.90. The van der Waals surface area contributed by atoms with Gasteiger partial charge in [-0.05, 0) is 19.1 Å². The van der Waals surface area contributed by atoms with E-state index in [0.29, 0.717) is 0 Å². The van der Waals surface area contributed by atoms with Gasteiger partial charge in [0.25, 0.3) is 5.91 Å². The van der Waals surface area contributed by atoms with Crippen LogP contribution < -0.4 is 5.32 Å². The molecule has 2 rings (SSSR count). The molecule has 0 aliphatic heterocycles. The van der Waals surface area contributed by atoms with Gasteiger partial charge >= 0.3 is 0 Å². The highest BCUT2D eigenvalue weighted by atomic mass is 35.5. The summed E-state index contributed by atoms with van der Waals surface area (Å²) in [6.45, 7) is 1.86. The molecule has 7 heteroatoms. The molecule has 5 nitrogen and oxygen atoms in total. The summed E-state index contributed by atoms with van der Waals surface area (Å²) in [7, 11) is 0. The largest absolute Gasteiger partial charge is 0.342 e. The zero-order valence-corrected chi connectivity index (χ0v) is 10.5. The zero-order chi connectivity index (χ0) is 12.3. The van der Waals surface area contributed by atoms with Crippen LogP contribution in [0.5, 0.6) is 0 Å². The highest BCUT2D eigenvalue weighted by Crippen LogP contribution is 2.15.